The van der Waals surface area contributed by atoms with Crippen molar-refractivity contribution in [3.05, 3.63) is 35.4 Å². The van der Waals surface area contributed by atoms with Crippen molar-refractivity contribution in [2.45, 2.75) is 51.7 Å². The lowest BCUT2D eigenvalue weighted by atomic mass is 9.87. The van der Waals surface area contributed by atoms with Crippen LogP contribution in [0.25, 0.3) is 0 Å². The molecular weight excluding hydrogens is 270 g/mol. The van der Waals surface area contributed by atoms with Crippen LogP contribution < -0.4 is 5.73 Å². The number of carboxylic acids is 1. The van der Waals surface area contributed by atoms with E-state index in [4.69, 9.17) is 15.6 Å². The molecule has 0 heterocycles. The van der Waals surface area contributed by atoms with Crippen LogP contribution in [0.1, 0.15) is 44.2 Å². The largest absolute Gasteiger partial charge is 0.481 e. The van der Waals surface area contributed by atoms with Gasteiger partial charge in [0.15, 0.2) is 0 Å². The van der Waals surface area contributed by atoms with Crippen molar-refractivity contribution in [2.75, 3.05) is 0 Å². The third kappa shape index (κ3) is 5.19. The van der Waals surface area contributed by atoms with Crippen LogP contribution in [-0.2, 0) is 14.3 Å². The predicted octanol–water partition coefficient (Wildman–Crippen LogP) is 2.22. The average molecular weight is 293 g/mol. The van der Waals surface area contributed by atoms with Gasteiger partial charge >= 0.3 is 11.9 Å². The van der Waals surface area contributed by atoms with E-state index in [0.29, 0.717) is 5.56 Å². The van der Waals surface area contributed by atoms with Crippen LogP contribution in [0.3, 0.4) is 0 Å². The molecule has 0 radical (unpaired) electrons. The van der Waals surface area contributed by atoms with Gasteiger partial charge in [-0.2, -0.15) is 0 Å². The van der Waals surface area contributed by atoms with Gasteiger partial charge in [-0.05, 0) is 38.8 Å². The second kappa shape index (κ2) is 6.72. The minimum atomic E-state index is -1.04. The fraction of sp³-hybridized carbons (Fsp3) is 0.500. The van der Waals surface area contributed by atoms with Gasteiger partial charge in [0.1, 0.15) is 5.60 Å². The van der Waals surface area contributed by atoms with Crippen LogP contribution in [0, 0.1) is 6.92 Å². The van der Waals surface area contributed by atoms with E-state index < -0.39 is 29.5 Å². The maximum Gasteiger partial charge on any atom is 0.315 e. The van der Waals surface area contributed by atoms with Gasteiger partial charge < -0.3 is 15.6 Å². The summed E-state index contributed by atoms with van der Waals surface area (Å²) < 4.78 is 5.40. The lowest BCUT2D eigenvalue weighted by Crippen LogP contribution is -2.39. The number of rotatable bonds is 5. The van der Waals surface area contributed by atoms with Crippen molar-refractivity contribution in [2.24, 2.45) is 5.73 Å². The molecule has 1 aromatic rings. The Morgan fingerprint density at radius 2 is 1.86 bits per heavy atom. The maximum absolute atomic E-state index is 12.4. The first-order chi connectivity index (χ1) is 9.61. The fourth-order valence-corrected chi connectivity index (χ4v) is 2.15. The first-order valence-electron chi connectivity index (χ1n) is 6.87. The molecule has 5 nitrogen and oxygen atoms in total. The Morgan fingerprint density at radius 3 is 2.33 bits per heavy atom. The molecule has 0 unspecified atom stereocenters. The molecule has 0 spiro atoms. The van der Waals surface area contributed by atoms with Crippen molar-refractivity contribution in [1.29, 1.82) is 0 Å². The minimum Gasteiger partial charge on any atom is -0.481 e. The van der Waals surface area contributed by atoms with Gasteiger partial charge in [0, 0.05) is 6.04 Å². The second-order valence-corrected chi connectivity index (χ2v) is 6.13. The van der Waals surface area contributed by atoms with Gasteiger partial charge in [0.05, 0.1) is 12.3 Å². The number of hydrogen-bond acceptors (Lipinski definition) is 4. The van der Waals surface area contributed by atoms with Crippen molar-refractivity contribution in [3.8, 4) is 0 Å². The van der Waals surface area contributed by atoms with Gasteiger partial charge in [0.25, 0.3) is 0 Å². The summed E-state index contributed by atoms with van der Waals surface area (Å²) in [5, 5.41) is 8.93. The molecule has 0 saturated heterocycles. The molecule has 0 aliphatic carbocycles. The third-order valence-corrected chi connectivity index (χ3v) is 3.02. The summed E-state index contributed by atoms with van der Waals surface area (Å²) >= 11 is 0. The number of esters is 1. The van der Waals surface area contributed by atoms with E-state index in [9.17, 15) is 9.59 Å². The molecule has 1 rings (SSSR count). The zero-order valence-corrected chi connectivity index (χ0v) is 12.9. The molecule has 0 bridgehead atoms. The standard InChI is InChI=1S/C16H23NO4/c1-10-7-5-6-8-11(10)14(12(17)9-13(18)19)15(20)21-16(2,3)4/h5-8,12,14H,9,17H2,1-4H3,(H,18,19)/t12-,14+/m1/s1. The maximum atomic E-state index is 12.4. The molecule has 5 heteroatoms. The zero-order chi connectivity index (χ0) is 16.2. The molecule has 1 aromatic carbocycles. The number of hydrogen-bond donors (Lipinski definition) is 2. The Bertz CT molecular complexity index is 519. The molecule has 0 fully saturated rings. The first kappa shape index (κ1) is 17.2. The molecule has 0 aliphatic heterocycles. The van der Waals surface area contributed by atoms with E-state index in [1.54, 1.807) is 32.9 Å². The third-order valence-electron chi connectivity index (χ3n) is 3.02. The fourth-order valence-electron chi connectivity index (χ4n) is 2.15. The number of ether oxygens (including phenoxy) is 1. The summed E-state index contributed by atoms with van der Waals surface area (Å²) in [4.78, 5) is 23.3. The van der Waals surface area contributed by atoms with Gasteiger partial charge in [-0.25, -0.2) is 0 Å². The van der Waals surface area contributed by atoms with E-state index in [1.807, 2.05) is 19.1 Å². The zero-order valence-electron chi connectivity index (χ0n) is 12.9. The SMILES string of the molecule is Cc1ccccc1[C@H](C(=O)OC(C)(C)C)[C@H](N)CC(=O)O. The minimum absolute atomic E-state index is 0.293. The van der Waals surface area contributed by atoms with Gasteiger partial charge in [-0.15, -0.1) is 0 Å². The molecule has 0 amide bonds. The molecule has 0 aromatic heterocycles. The Labute approximate surface area is 125 Å². The monoisotopic (exact) mass is 293 g/mol. The molecule has 116 valence electrons. The Morgan fingerprint density at radius 1 is 1.29 bits per heavy atom. The van der Waals surface area contributed by atoms with Crippen LogP contribution in [0.15, 0.2) is 24.3 Å². The van der Waals surface area contributed by atoms with Crippen LogP contribution in [0.5, 0.6) is 0 Å². The van der Waals surface area contributed by atoms with Crippen LogP contribution >= 0.6 is 0 Å². The quantitative estimate of drug-likeness (QED) is 0.812. The van der Waals surface area contributed by atoms with Crippen molar-refractivity contribution < 1.29 is 19.4 Å². The van der Waals surface area contributed by atoms with E-state index in [1.165, 1.54) is 0 Å². The first-order valence-corrected chi connectivity index (χ1v) is 6.87. The lowest BCUT2D eigenvalue weighted by molar-refractivity contribution is -0.157. The normalized spacial score (nSPS) is 14.3. The second-order valence-electron chi connectivity index (χ2n) is 6.13. The summed E-state index contributed by atoms with van der Waals surface area (Å²) in [5.41, 5.74) is 6.90. The van der Waals surface area contributed by atoms with E-state index in [-0.39, 0.29) is 6.42 Å². The Balaban J connectivity index is 3.14. The molecule has 0 aliphatic rings. The van der Waals surface area contributed by atoms with E-state index in [0.717, 1.165) is 5.56 Å². The highest BCUT2D eigenvalue weighted by molar-refractivity contribution is 5.81. The van der Waals surface area contributed by atoms with E-state index in [2.05, 4.69) is 0 Å². The summed E-state index contributed by atoms with van der Waals surface area (Å²) in [6.45, 7) is 7.16. The summed E-state index contributed by atoms with van der Waals surface area (Å²) in [7, 11) is 0. The van der Waals surface area contributed by atoms with Gasteiger partial charge in [0.2, 0.25) is 0 Å². The number of nitrogens with two attached hydrogens (primary N) is 1. The molecule has 3 N–H and O–H groups in total. The van der Waals surface area contributed by atoms with Gasteiger partial charge in [-0.1, -0.05) is 24.3 Å². The molecular formula is C16H23NO4. The number of aryl methyl sites for hydroxylation is 1. The topological polar surface area (TPSA) is 89.6 Å². The number of carboxylic acid groups (broad SMARTS) is 1. The highest BCUT2D eigenvalue weighted by atomic mass is 16.6. The highest BCUT2D eigenvalue weighted by Crippen LogP contribution is 2.27. The van der Waals surface area contributed by atoms with Crippen molar-refractivity contribution in [3.63, 3.8) is 0 Å². The highest BCUT2D eigenvalue weighted by Gasteiger charge is 2.33. The summed E-state index contributed by atoms with van der Waals surface area (Å²) in [6, 6.07) is 6.46. The van der Waals surface area contributed by atoms with E-state index >= 15 is 0 Å². The molecule has 0 saturated carbocycles. The predicted molar refractivity (Wildman–Crippen MR) is 80.0 cm³/mol. The summed E-state index contributed by atoms with van der Waals surface area (Å²) in [6.07, 6.45) is -0.293. The van der Waals surface area contributed by atoms with Gasteiger partial charge in [-0.3, -0.25) is 9.59 Å². The van der Waals surface area contributed by atoms with Crippen molar-refractivity contribution in [1.82, 2.24) is 0 Å². The Kier molecular flexibility index (Phi) is 5.49. The number of carbonyl (C=O) groups is 2. The number of aliphatic carboxylic acids is 1. The number of benzene rings is 1. The van der Waals surface area contributed by atoms with Crippen LogP contribution in [0.2, 0.25) is 0 Å². The average Bonchev–Trinajstić information content (AvgIpc) is 2.28. The molecule has 21 heavy (non-hydrogen) atoms. The van der Waals surface area contributed by atoms with Crippen LogP contribution in [0.4, 0.5) is 0 Å². The smallest absolute Gasteiger partial charge is 0.315 e. The summed E-state index contributed by atoms with van der Waals surface area (Å²) in [5.74, 6) is -2.32. The van der Waals surface area contributed by atoms with Crippen molar-refractivity contribution >= 4 is 11.9 Å². The number of carbonyl (C=O) groups excluding carboxylic acids is 1. The lowest BCUT2D eigenvalue weighted by Gasteiger charge is -2.27. The Hall–Kier alpha value is -1.88. The van der Waals surface area contributed by atoms with Crippen LogP contribution in [-0.4, -0.2) is 28.7 Å². The molecule has 2 atom stereocenters.